The van der Waals surface area contributed by atoms with E-state index in [0.29, 0.717) is 24.1 Å². The van der Waals surface area contributed by atoms with Gasteiger partial charge in [0, 0.05) is 0 Å². The van der Waals surface area contributed by atoms with Crippen molar-refractivity contribution in [3.8, 4) is 17.2 Å². The topological polar surface area (TPSA) is 27.7 Å². The Morgan fingerprint density at radius 1 is 0.574 bits per heavy atom. The minimum atomic E-state index is -4.70. The lowest BCUT2D eigenvalue weighted by Gasteiger charge is -2.42. The van der Waals surface area contributed by atoms with E-state index >= 15 is 0 Å². The molecule has 0 aliphatic carbocycles. The fourth-order valence-corrected chi connectivity index (χ4v) is 5.39. The highest BCUT2D eigenvalue weighted by atomic mass is 19.4. The molecule has 0 aliphatic rings. The highest BCUT2D eigenvalue weighted by molar-refractivity contribution is 6.39. The Labute approximate surface area is 304 Å². The molecule has 4 rings (SSSR count). The Balaban J connectivity index is 0.000000676. The van der Waals surface area contributed by atoms with Crippen LogP contribution in [0.25, 0.3) is 0 Å². The molecule has 4 aromatic carbocycles. The van der Waals surface area contributed by atoms with Crippen LogP contribution in [0.15, 0.2) is 104 Å². The molecule has 17 heteroatoms. The quantitative estimate of drug-likeness (QED) is 0.0471. The molecular weight excluding hydrogens is 745 g/mol. The number of rotatable bonds is 12. The van der Waals surface area contributed by atoms with Crippen molar-refractivity contribution >= 4 is 7.32 Å². The van der Waals surface area contributed by atoms with Crippen molar-refractivity contribution in [2.75, 3.05) is 19.6 Å². The monoisotopic (exact) mass is 779 g/mol. The SMILES string of the molecule is C=CC(c1cc(C(F)(F)F)ccc1OB(Oc1ccc(C(F)(F)F)cc1)Oc1ccc(C(F)(F)F)cc1)[N+](CC)(CC)CC.FC(F)(F)c1cc[c-]cc1. The lowest BCUT2D eigenvalue weighted by Crippen LogP contribution is -2.50. The number of nitrogens with zero attached hydrogens (tertiary/aromatic N) is 1. The maximum atomic E-state index is 13.8. The van der Waals surface area contributed by atoms with Crippen molar-refractivity contribution in [2.24, 2.45) is 0 Å². The molecule has 1 atom stereocenters. The maximum Gasteiger partial charge on any atom is 0.864 e. The van der Waals surface area contributed by atoms with Gasteiger partial charge in [-0.3, -0.25) is 0 Å². The number of hydrogen-bond acceptors (Lipinski definition) is 3. The van der Waals surface area contributed by atoms with E-state index in [1.54, 1.807) is 0 Å². The number of hydrogen-bond donors (Lipinski definition) is 0. The van der Waals surface area contributed by atoms with Gasteiger partial charge in [-0.25, -0.2) is 0 Å². The normalized spacial score (nSPS) is 12.9. The summed E-state index contributed by atoms with van der Waals surface area (Å²) in [5, 5.41) is 0. The summed E-state index contributed by atoms with van der Waals surface area (Å²) in [6.45, 7) is 11.0. The second kappa shape index (κ2) is 17.6. The predicted octanol–water partition coefficient (Wildman–Crippen LogP) is 11.9. The summed E-state index contributed by atoms with van der Waals surface area (Å²) in [5.41, 5.74) is -3.46. The molecule has 292 valence electrons. The van der Waals surface area contributed by atoms with Crippen LogP contribution in [0.4, 0.5) is 52.7 Å². The Morgan fingerprint density at radius 2 is 0.944 bits per heavy atom. The summed E-state index contributed by atoms with van der Waals surface area (Å²) in [6, 6.07) is 15.8. The fraction of sp³-hybridized carbons (Fsp3) is 0.297. The van der Waals surface area contributed by atoms with Crippen LogP contribution >= 0.6 is 0 Å². The van der Waals surface area contributed by atoms with Gasteiger partial charge in [0.05, 0.1) is 41.9 Å². The molecule has 0 aliphatic heterocycles. The Morgan fingerprint density at radius 3 is 1.28 bits per heavy atom. The lowest BCUT2D eigenvalue weighted by molar-refractivity contribution is -0.946. The third-order valence-electron chi connectivity index (χ3n) is 8.46. The van der Waals surface area contributed by atoms with E-state index in [4.69, 9.17) is 14.0 Å². The van der Waals surface area contributed by atoms with Crippen LogP contribution in [0, 0.1) is 6.07 Å². The molecule has 0 N–H and O–H groups in total. The summed E-state index contributed by atoms with van der Waals surface area (Å²) in [4.78, 5) is 0. The van der Waals surface area contributed by atoms with E-state index in [0.717, 1.165) is 78.9 Å². The van der Waals surface area contributed by atoms with Crippen LogP contribution in [-0.4, -0.2) is 31.4 Å². The zero-order valence-corrected chi connectivity index (χ0v) is 28.9. The van der Waals surface area contributed by atoms with Gasteiger partial charge in [0.25, 0.3) is 0 Å². The van der Waals surface area contributed by atoms with Crippen molar-refractivity contribution < 1.29 is 71.1 Å². The van der Waals surface area contributed by atoms with Crippen molar-refractivity contribution in [3.63, 3.8) is 0 Å². The molecule has 1 unspecified atom stereocenters. The summed E-state index contributed by atoms with van der Waals surface area (Å²) in [7, 11) is -1.85. The average molecular weight is 779 g/mol. The number of quaternary nitrogens is 1. The summed E-state index contributed by atoms with van der Waals surface area (Å²) < 4.78 is 173. The molecular formula is C37H34BF12NO3. The maximum absolute atomic E-state index is 13.8. The summed E-state index contributed by atoms with van der Waals surface area (Å²) in [6.07, 6.45) is -16.7. The van der Waals surface area contributed by atoms with Gasteiger partial charge in [-0.05, 0) is 93.6 Å². The first-order valence-electron chi connectivity index (χ1n) is 16.1. The molecule has 0 bridgehead atoms. The number of benzene rings is 4. The minimum Gasteiger partial charge on any atom is -0.490 e. The van der Waals surface area contributed by atoms with E-state index in [9.17, 15) is 52.7 Å². The molecule has 4 nitrogen and oxygen atoms in total. The number of likely N-dealkylation sites (N-methyl/N-ethyl adjacent to an activating group) is 1. The second-order valence-electron chi connectivity index (χ2n) is 11.6. The first kappa shape index (κ1) is 43.6. The zero-order chi connectivity index (χ0) is 40.5. The molecule has 0 amide bonds. The molecule has 0 fully saturated rings. The van der Waals surface area contributed by atoms with Gasteiger partial charge in [0.1, 0.15) is 23.3 Å². The van der Waals surface area contributed by atoms with Crippen LogP contribution in [0.5, 0.6) is 17.2 Å². The molecule has 0 radical (unpaired) electrons. The Hall–Kier alpha value is -4.80. The van der Waals surface area contributed by atoms with Gasteiger partial charge < -0.3 is 18.4 Å². The van der Waals surface area contributed by atoms with Crippen LogP contribution in [0.3, 0.4) is 0 Å². The highest BCUT2D eigenvalue weighted by Crippen LogP contribution is 2.40. The molecule has 0 spiro atoms. The standard InChI is InChI=1S/C30H30BF9NO3.C7H4F3/c1-5-26(41(6-2,7-3)8-4)25-19-22(30(38,39)40)13-18-27(25)44-31(42-23-14-9-20(10-15-23)28(32,33)34)43-24-16-11-21(12-17-24)29(35,36)37;8-7(9,10)6-4-2-1-3-5-6/h5,9-19,26H,1,6-8H2,2-4H3;2-5H/q+1;-1. The third kappa shape index (κ3) is 11.6. The molecule has 4 aromatic rings. The molecule has 0 saturated carbocycles. The van der Waals surface area contributed by atoms with Crippen molar-refractivity contribution in [3.05, 3.63) is 138 Å². The predicted molar refractivity (Wildman–Crippen MR) is 177 cm³/mol. The molecule has 0 aromatic heterocycles. The number of alkyl halides is 12. The smallest absolute Gasteiger partial charge is 0.490 e. The third-order valence-corrected chi connectivity index (χ3v) is 8.46. The average Bonchev–Trinajstić information content (AvgIpc) is 3.10. The van der Waals surface area contributed by atoms with Crippen LogP contribution in [0.1, 0.15) is 54.6 Å². The van der Waals surface area contributed by atoms with Gasteiger partial charge >= 0.3 is 32.0 Å². The van der Waals surface area contributed by atoms with Crippen molar-refractivity contribution in [1.82, 2.24) is 0 Å². The van der Waals surface area contributed by atoms with Gasteiger partial charge in [0.2, 0.25) is 0 Å². The fourth-order valence-electron chi connectivity index (χ4n) is 5.39. The number of halogens is 12. The largest absolute Gasteiger partial charge is 0.864 e. The first-order valence-corrected chi connectivity index (χ1v) is 16.1. The molecule has 54 heavy (non-hydrogen) atoms. The lowest BCUT2D eigenvalue weighted by atomic mass is 9.97. The van der Waals surface area contributed by atoms with E-state index < -0.39 is 60.3 Å². The van der Waals surface area contributed by atoms with E-state index in [1.165, 1.54) is 18.2 Å². The van der Waals surface area contributed by atoms with E-state index in [1.807, 2.05) is 20.8 Å². The van der Waals surface area contributed by atoms with Crippen LogP contribution in [-0.2, 0) is 24.7 Å². The summed E-state index contributed by atoms with van der Waals surface area (Å²) >= 11 is 0. The summed E-state index contributed by atoms with van der Waals surface area (Å²) in [5.74, 6) is -0.474. The van der Waals surface area contributed by atoms with Gasteiger partial charge in [-0.15, -0.1) is 0 Å². The van der Waals surface area contributed by atoms with E-state index in [2.05, 4.69) is 12.6 Å². The second-order valence-corrected chi connectivity index (χ2v) is 11.6. The molecule has 0 saturated heterocycles. The minimum absolute atomic E-state index is 0.0809. The van der Waals surface area contributed by atoms with Gasteiger partial charge in [0.15, 0.2) is 0 Å². The Kier molecular flexibility index (Phi) is 14.2. The first-order chi connectivity index (χ1) is 25.1. The van der Waals surface area contributed by atoms with Crippen molar-refractivity contribution in [1.29, 1.82) is 0 Å². The highest BCUT2D eigenvalue weighted by Gasteiger charge is 2.40. The van der Waals surface area contributed by atoms with Crippen molar-refractivity contribution in [2.45, 2.75) is 51.5 Å². The zero-order valence-electron chi connectivity index (χ0n) is 28.9. The van der Waals surface area contributed by atoms with Gasteiger partial charge in [-0.2, -0.15) is 83.0 Å². The van der Waals surface area contributed by atoms with Crippen LogP contribution in [0.2, 0.25) is 0 Å². The molecule has 0 heterocycles. The van der Waals surface area contributed by atoms with Crippen LogP contribution < -0.4 is 14.0 Å². The van der Waals surface area contributed by atoms with E-state index in [-0.39, 0.29) is 22.8 Å². The Bertz CT molecular complexity index is 1700. The van der Waals surface area contributed by atoms with Gasteiger partial charge in [-0.1, -0.05) is 12.1 Å².